The zero-order valence-corrected chi connectivity index (χ0v) is 8.39. The van der Waals surface area contributed by atoms with Crippen LogP contribution in [0.15, 0.2) is 30.3 Å². The molecule has 15 heavy (non-hydrogen) atoms. The number of aliphatic hydroxyl groups is 2. The largest absolute Gasteiger partial charge is 0.365 e. The first-order chi connectivity index (χ1) is 7.02. The summed E-state index contributed by atoms with van der Waals surface area (Å²) >= 11 is 0. The van der Waals surface area contributed by atoms with Gasteiger partial charge in [0.2, 0.25) is 5.79 Å². The molecule has 0 atom stereocenters. The second-order valence-electron chi connectivity index (χ2n) is 3.52. The summed E-state index contributed by atoms with van der Waals surface area (Å²) in [5.41, 5.74) is 5.91. The summed E-state index contributed by atoms with van der Waals surface area (Å²) < 4.78 is 0. The molecule has 0 bridgehead atoms. The van der Waals surface area contributed by atoms with E-state index in [2.05, 4.69) is 0 Å². The average molecular weight is 209 g/mol. The molecular formula is C11H15NO3. The lowest BCUT2D eigenvalue weighted by Crippen LogP contribution is -2.43. The van der Waals surface area contributed by atoms with Gasteiger partial charge in [0, 0.05) is 6.42 Å². The fourth-order valence-corrected chi connectivity index (χ4v) is 1.31. The van der Waals surface area contributed by atoms with Crippen LogP contribution in [0.5, 0.6) is 0 Å². The lowest BCUT2D eigenvalue weighted by molar-refractivity contribution is -0.184. The van der Waals surface area contributed by atoms with Gasteiger partial charge in [-0.05, 0) is 18.4 Å². The van der Waals surface area contributed by atoms with E-state index >= 15 is 0 Å². The van der Waals surface area contributed by atoms with E-state index in [0.29, 0.717) is 12.8 Å². The monoisotopic (exact) mass is 209 g/mol. The highest BCUT2D eigenvalue weighted by Crippen LogP contribution is 2.11. The maximum absolute atomic E-state index is 10.6. The number of hydrogen-bond acceptors (Lipinski definition) is 3. The third kappa shape index (κ3) is 3.69. The van der Waals surface area contributed by atoms with E-state index in [-0.39, 0.29) is 6.42 Å². The Bertz CT molecular complexity index is 322. The molecule has 1 aromatic rings. The predicted octanol–water partition coefficient (Wildman–Crippen LogP) is 0.175. The lowest BCUT2D eigenvalue weighted by Gasteiger charge is -2.16. The van der Waals surface area contributed by atoms with E-state index in [1.54, 1.807) is 0 Å². The average Bonchev–Trinajstić information content (AvgIpc) is 2.19. The van der Waals surface area contributed by atoms with Crippen molar-refractivity contribution >= 4 is 5.91 Å². The van der Waals surface area contributed by atoms with Gasteiger partial charge in [0.05, 0.1) is 0 Å². The molecule has 4 heteroatoms. The molecule has 4 N–H and O–H groups in total. The topological polar surface area (TPSA) is 83.6 Å². The van der Waals surface area contributed by atoms with E-state index in [9.17, 15) is 4.79 Å². The van der Waals surface area contributed by atoms with Crippen LogP contribution < -0.4 is 5.73 Å². The molecule has 0 saturated heterocycles. The van der Waals surface area contributed by atoms with Crippen LogP contribution in [0.4, 0.5) is 0 Å². The molecule has 0 radical (unpaired) electrons. The number of hydrogen-bond donors (Lipinski definition) is 3. The van der Waals surface area contributed by atoms with Crippen molar-refractivity contribution in [1.29, 1.82) is 0 Å². The van der Waals surface area contributed by atoms with Gasteiger partial charge >= 0.3 is 0 Å². The molecule has 0 aliphatic rings. The third-order valence-corrected chi connectivity index (χ3v) is 2.23. The highest BCUT2D eigenvalue weighted by molar-refractivity contribution is 5.81. The molecule has 1 rings (SSSR count). The van der Waals surface area contributed by atoms with Crippen molar-refractivity contribution in [2.45, 2.75) is 25.0 Å². The summed E-state index contributed by atoms with van der Waals surface area (Å²) in [5.74, 6) is -3.48. The Morgan fingerprint density at radius 2 is 1.87 bits per heavy atom. The Morgan fingerprint density at radius 1 is 1.27 bits per heavy atom. The van der Waals surface area contributed by atoms with Crippen molar-refractivity contribution in [3.8, 4) is 0 Å². The van der Waals surface area contributed by atoms with Crippen LogP contribution in [0.3, 0.4) is 0 Å². The zero-order valence-electron chi connectivity index (χ0n) is 8.39. The van der Waals surface area contributed by atoms with Gasteiger partial charge in [0.15, 0.2) is 0 Å². The fraction of sp³-hybridized carbons (Fsp3) is 0.364. The molecule has 0 aliphatic heterocycles. The van der Waals surface area contributed by atoms with Crippen LogP contribution in [-0.4, -0.2) is 21.9 Å². The normalized spacial score (nSPS) is 11.3. The van der Waals surface area contributed by atoms with Gasteiger partial charge in [-0.15, -0.1) is 0 Å². The molecule has 4 nitrogen and oxygen atoms in total. The van der Waals surface area contributed by atoms with E-state index in [0.717, 1.165) is 5.56 Å². The van der Waals surface area contributed by atoms with E-state index in [1.807, 2.05) is 30.3 Å². The summed E-state index contributed by atoms with van der Waals surface area (Å²) in [5, 5.41) is 18.3. The summed E-state index contributed by atoms with van der Waals surface area (Å²) in [7, 11) is 0. The van der Waals surface area contributed by atoms with Gasteiger partial charge in [0.25, 0.3) is 5.91 Å². The van der Waals surface area contributed by atoms with Crippen molar-refractivity contribution in [3.63, 3.8) is 0 Å². The predicted molar refractivity (Wildman–Crippen MR) is 55.7 cm³/mol. The highest BCUT2D eigenvalue weighted by Gasteiger charge is 2.29. The highest BCUT2D eigenvalue weighted by atomic mass is 16.5. The minimum Gasteiger partial charge on any atom is -0.365 e. The number of rotatable bonds is 5. The Kier molecular flexibility index (Phi) is 3.82. The van der Waals surface area contributed by atoms with Crippen LogP contribution >= 0.6 is 0 Å². The maximum Gasteiger partial charge on any atom is 0.277 e. The Hall–Kier alpha value is -1.39. The number of carbonyl (C=O) groups excluding carboxylic acids is 1. The second-order valence-corrected chi connectivity index (χ2v) is 3.52. The van der Waals surface area contributed by atoms with E-state index in [1.165, 1.54) is 0 Å². The van der Waals surface area contributed by atoms with E-state index in [4.69, 9.17) is 15.9 Å². The van der Waals surface area contributed by atoms with Gasteiger partial charge in [-0.3, -0.25) is 4.79 Å². The van der Waals surface area contributed by atoms with Crippen molar-refractivity contribution in [3.05, 3.63) is 35.9 Å². The number of aryl methyl sites for hydroxylation is 1. The molecule has 1 aromatic carbocycles. The Morgan fingerprint density at radius 3 is 2.40 bits per heavy atom. The fourth-order valence-electron chi connectivity index (χ4n) is 1.31. The minimum absolute atomic E-state index is 0.0444. The SMILES string of the molecule is NC(=O)C(O)(O)CCCc1ccccc1. The summed E-state index contributed by atoms with van der Waals surface area (Å²) in [6.07, 6.45) is 1.15. The van der Waals surface area contributed by atoms with Crippen LogP contribution in [0.2, 0.25) is 0 Å². The zero-order chi connectivity index (χ0) is 11.3. The molecular weight excluding hydrogens is 194 g/mol. The molecule has 0 heterocycles. The van der Waals surface area contributed by atoms with Gasteiger partial charge < -0.3 is 15.9 Å². The van der Waals surface area contributed by atoms with Crippen molar-refractivity contribution in [1.82, 2.24) is 0 Å². The molecule has 0 fully saturated rings. The Labute approximate surface area is 88.3 Å². The molecule has 0 saturated carbocycles. The first-order valence-corrected chi connectivity index (χ1v) is 4.81. The molecule has 0 aromatic heterocycles. The van der Waals surface area contributed by atoms with Gasteiger partial charge in [-0.2, -0.15) is 0 Å². The van der Waals surface area contributed by atoms with Gasteiger partial charge in [0.1, 0.15) is 0 Å². The number of benzene rings is 1. The van der Waals surface area contributed by atoms with Crippen LogP contribution in [0.1, 0.15) is 18.4 Å². The number of nitrogens with two attached hydrogens (primary N) is 1. The van der Waals surface area contributed by atoms with E-state index < -0.39 is 11.7 Å². The van der Waals surface area contributed by atoms with Crippen molar-refractivity contribution in [2.24, 2.45) is 5.73 Å². The Balaban J connectivity index is 2.37. The maximum atomic E-state index is 10.6. The third-order valence-electron chi connectivity index (χ3n) is 2.23. The van der Waals surface area contributed by atoms with Crippen LogP contribution in [0, 0.1) is 0 Å². The first kappa shape index (κ1) is 11.7. The molecule has 0 unspecified atom stereocenters. The van der Waals surface area contributed by atoms with Gasteiger partial charge in [-0.25, -0.2) is 0 Å². The number of primary amides is 1. The smallest absolute Gasteiger partial charge is 0.277 e. The number of amides is 1. The van der Waals surface area contributed by atoms with Crippen LogP contribution in [0.25, 0.3) is 0 Å². The summed E-state index contributed by atoms with van der Waals surface area (Å²) in [6.45, 7) is 0. The quantitative estimate of drug-likeness (QED) is 0.605. The lowest BCUT2D eigenvalue weighted by atomic mass is 10.0. The molecule has 0 aliphatic carbocycles. The van der Waals surface area contributed by atoms with Crippen molar-refractivity contribution < 1.29 is 15.0 Å². The standard InChI is InChI=1S/C11H15NO3/c12-10(13)11(14,15)8-4-7-9-5-2-1-3-6-9/h1-3,5-6,14-15H,4,7-8H2,(H2,12,13). The minimum atomic E-state index is -2.38. The first-order valence-electron chi connectivity index (χ1n) is 4.81. The van der Waals surface area contributed by atoms with Crippen LogP contribution in [-0.2, 0) is 11.2 Å². The van der Waals surface area contributed by atoms with Crippen molar-refractivity contribution in [2.75, 3.05) is 0 Å². The second kappa shape index (κ2) is 4.91. The number of carbonyl (C=O) groups is 1. The summed E-state index contributed by atoms with van der Waals surface area (Å²) in [4.78, 5) is 10.6. The van der Waals surface area contributed by atoms with Gasteiger partial charge in [-0.1, -0.05) is 30.3 Å². The summed E-state index contributed by atoms with van der Waals surface area (Å²) in [6, 6.07) is 9.62. The molecule has 0 spiro atoms. The molecule has 82 valence electrons. The molecule has 1 amide bonds.